The number of nitrogens with two attached hydrogens (primary N) is 1. The molecular formula is C25H26N4O3S. The van der Waals surface area contributed by atoms with Crippen LogP contribution in [-0.2, 0) is 16.4 Å². The van der Waals surface area contributed by atoms with Gasteiger partial charge in [0.05, 0.1) is 4.90 Å². The number of anilines is 1. The van der Waals surface area contributed by atoms with E-state index in [9.17, 15) is 13.2 Å². The third-order valence-corrected chi connectivity index (χ3v) is 8.41. The summed E-state index contributed by atoms with van der Waals surface area (Å²) >= 11 is 0. The van der Waals surface area contributed by atoms with Crippen molar-refractivity contribution in [1.82, 2.24) is 14.6 Å². The van der Waals surface area contributed by atoms with Crippen LogP contribution in [0.25, 0.3) is 22.3 Å². The first-order valence-corrected chi connectivity index (χ1v) is 12.5. The summed E-state index contributed by atoms with van der Waals surface area (Å²) in [6.45, 7) is 2.52. The van der Waals surface area contributed by atoms with Crippen molar-refractivity contribution in [1.29, 1.82) is 0 Å². The average Bonchev–Trinajstić information content (AvgIpc) is 3.64. The predicted octanol–water partition coefficient (Wildman–Crippen LogP) is 3.38. The average molecular weight is 463 g/mol. The fourth-order valence-corrected chi connectivity index (χ4v) is 5.87. The second-order valence-corrected chi connectivity index (χ2v) is 10.8. The molecule has 2 aliphatic rings. The van der Waals surface area contributed by atoms with Crippen molar-refractivity contribution in [3.8, 4) is 22.3 Å². The van der Waals surface area contributed by atoms with Crippen LogP contribution in [0.15, 0.2) is 53.6 Å². The summed E-state index contributed by atoms with van der Waals surface area (Å²) in [7, 11) is -1.86. The fraction of sp³-hybridized carbons (Fsp3) is 0.280. The number of nitrogens with zero attached hydrogens (tertiary/aromatic N) is 2. The number of hydrogen-bond donors (Lipinski definition) is 2. The predicted molar refractivity (Wildman–Crippen MR) is 128 cm³/mol. The van der Waals surface area contributed by atoms with Gasteiger partial charge in [-0.15, -0.1) is 0 Å². The Bertz CT molecular complexity index is 1380. The van der Waals surface area contributed by atoms with Crippen LogP contribution in [0.2, 0.25) is 0 Å². The summed E-state index contributed by atoms with van der Waals surface area (Å²) in [4.78, 5) is 16.8. The molecule has 5 rings (SSSR count). The topological polar surface area (TPSA) is 105 Å². The van der Waals surface area contributed by atoms with Gasteiger partial charge in [0.25, 0.3) is 5.91 Å². The first-order valence-electron chi connectivity index (χ1n) is 11.0. The number of carbonyl (C=O) groups excluding carboxylic acids is 1. The number of fused-ring (bicyclic) bond motifs is 1. The van der Waals surface area contributed by atoms with Gasteiger partial charge in [0.1, 0.15) is 5.82 Å². The van der Waals surface area contributed by atoms with Gasteiger partial charge in [-0.05, 0) is 72.7 Å². The van der Waals surface area contributed by atoms with E-state index in [1.807, 2.05) is 37.3 Å². The Balaban J connectivity index is 1.51. The molecule has 1 aromatic heterocycles. The van der Waals surface area contributed by atoms with Crippen molar-refractivity contribution in [3.05, 3.63) is 65.4 Å². The lowest BCUT2D eigenvalue weighted by atomic mass is 9.93. The third kappa shape index (κ3) is 3.89. The highest BCUT2D eigenvalue weighted by Gasteiger charge is 2.35. The van der Waals surface area contributed by atoms with Gasteiger partial charge in [-0.2, -0.15) is 4.31 Å². The van der Waals surface area contributed by atoms with Crippen LogP contribution in [0, 0.1) is 6.92 Å². The van der Waals surface area contributed by atoms with Crippen molar-refractivity contribution in [3.63, 3.8) is 0 Å². The molecule has 2 heterocycles. The Kier molecular flexibility index (Phi) is 5.22. The lowest BCUT2D eigenvalue weighted by molar-refractivity contribution is 0.0946. The van der Waals surface area contributed by atoms with E-state index in [4.69, 9.17) is 5.73 Å². The van der Waals surface area contributed by atoms with Crippen LogP contribution in [0.4, 0.5) is 5.82 Å². The lowest BCUT2D eigenvalue weighted by Crippen LogP contribution is -2.31. The van der Waals surface area contributed by atoms with Gasteiger partial charge in [0.2, 0.25) is 10.0 Å². The van der Waals surface area contributed by atoms with E-state index >= 15 is 0 Å². The van der Waals surface area contributed by atoms with Crippen LogP contribution in [0.5, 0.6) is 0 Å². The molecule has 1 fully saturated rings. The number of nitrogens with one attached hydrogen (secondary N) is 1. The first-order chi connectivity index (χ1) is 15.8. The number of sulfonamides is 1. The van der Waals surface area contributed by atoms with Gasteiger partial charge in [0, 0.05) is 42.5 Å². The maximum absolute atomic E-state index is 12.9. The minimum Gasteiger partial charge on any atom is -0.383 e. The van der Waals surface area contributed by atoms with E-state index in [1.165, 1.54) is 4.31 Å². The SMILES string of the molecule is Cc1cc(S(=O)(=O)N(C)C2CC2)ccc1-c1cnc(N)c(-c2ccc3c(c2)CCNC3=O)c1. The monoisotopic (exact) mass is 462 g/mol. The molecule has 0 radical (unpaired) electrons. The number of aromatic nitrogens is 1. The smallest absolute Gasteiger partial charge is 0.251 e. The summed E-state index contributed by atoms with van der Waals surface area (Å²) < 4.78 is 27.3. The van der Waals surface area contributed by atoms with Crippen LogP contribution in [0.3, 0.4) is 0 Å². The Morgan fingerprint density at radius 3 is 2.52 bits per heavy atom. The Morgan fingerprint density at radius 1 is 1.03 bits per heavy atom. The van der Waals surface area contributed by atoms with Crippen LogP contribution < -0.4 is 11.1 Å². The minimum absolute atomic E-state index is 0.0550. The van der Waals surface area contributed by atoms with Crippen molar-refractivity contribution in [2.24, 2.45) is 0 Å². The second-order valence-electron chi connectivity index (χ2n) is 8.76. The fourth-order valence-electron chi connectivity index (χ4n) is 4.37. The van der Waals surface area contributed by atoms with E-state index in [2.05, 4.69) is 10.3 Å². The van der Waals surface area contributed by atoms with Crippen LogP contribution in [-0.4, -0.2) is 43.2 Å². The van der Waals surface area contributed by atoms with Crippen LogP contribution in [0.1, 0.15) is 34.3 Å². The third-order valence-electron chi connectivity index (χ3n) is 6.51. The molecule has 1 amide bonds. The molecule has 3 N–H and O–H groups in total. The standard InChI is InChI=1S/C25H26N4O3S/c1-15-11-20(33(31,32)29(2)19-4-5-19)6-8-21(15)18-13-23(24(26)28-14-18)16-3-7-22-17(12-16)9-10-27-25(22)30/h3,6-8,11-14,19H,4-5,9-10H2,1-2H3,(H2,26,28)(H,27,30). The molecule has 0 bridgehead atoms. The summed E-state index contributed by atoms with van der Waals surface area (Å²) in [5.41, 5.74) is 12.2. The van der Waals surface area contributed by atoms with E-state index in [0.29, 0.717) is 22.8 Å². The lowest BCUT2D eigenvalue weighted by Gasteiger charge is -2.18. The molecule has 0 unspecified atom stereocenters. The highest BCUT2D eigenvalue weighted by Crippen LogP contribution is 2.35. The first kappa shape index (κ1) is 21.6. The van der Waals surface area contributed by atoms with Crippen molar-refractivity contribution < 1.29 is 13.2 Å². The zero-order valence-electron chi connectivity index (χ0n) is 18.6. The molecular weight excluding hydrogens is 436 g/mol. The molecule has 8 heteroatoms. The highest BCUT2D eigenvalue weighted by molar-refractivity contribution is 7.89. The summed E-state index contributed by atoms with van der Waals surface area (Å²) in [5.74, 6) is 0.350. The van der Waals surface area contributed by atoms with E-state index in [1.54, 1.807) is 25.4 Å². The number of carbonyl (C=O) groups is 1. The second kappa shape index (κ2) is 7.97. The van der Waals surface area contributed by atoms with Crippen molar-refractivity contribution >= 4 is 21.7 Å². The molecule has 1 saturated carbocycles. The molecule has 2 aromatic carbocycles. The van der Waals surface area contributed by atoms with E-state index in [-0.39, 0.29) is 11.9 Å². The Labute approximate surface area is 193 Å². The van der Waals surface area contributed by atoms with Crippen molar-refractivity contribution in [2.45, 2.75) is 37.1 Å². The maximum atomic E-state index is 12.9. The zero-order chi connectivity index (χ0) is 23.3. The molecule has 3 aromatic rings. The van der Waals surface area contributed by atoms with E-state index < -0.39 is 10.0 Å². The Hall–Kier alpha value is -3.23. The molecule has 0 saturated heterocycles. The number of benzene rings is 2. The number of rotatable bonds is 5. The number of hydrogen-bond acceptors (Lipinski definition) is 5. The molecule has 1 aliphatic heterocycles. The number of aryl methyl sites for hydroxylation is 1. The van der Waals surface area contributed by atoms with Gasteiger partial charge in [-0.3, -0.25) is 4.79 Å². The van der Waals surface area contributed by atoms with Gasteiger partial charge < -0.3 is 11.1 Å². The summed E-state index contributed by atoms with van der Waals surface area (Å²) in [5, 5.41) is 2.86. The van der Waals surface area contributed by atoms with Gasteiger partial charge in [0.15, 0.2) is 0 Å². The van der Waals surface area contributed by atoms with Gasteiger partial charge >= 0.3 is 0 Å². The Morgan fingerprint density at radius 2 is 1.79 bits per heavy atom. The number of nitrogen functional groups attached to an aromatic ring is 1. The molecule has 0 spiro atoms. The number of amides is 1. The molecule has 33 heavy (non-hydrogen) atoms. The zero-order valence-corrected chi connectivity index (χ0v) is 19.4. The van der Waals surface area contributed by atoms with Gasteiger partial charge in [-0.25, -0.2) is 13.4 Å². The van der Waals surface area contributed by atoms with Gasteiger partial charge in [-0.1, -0.05) is 18.2 Å². The largest absolute Gasteiger partial charge is 0.383 e. The highest BCUT2D eigenvalue weighted by atomic mass is 32.2. The maximum Gasteiger partial charge on any atom is 0.251 e. The molecule has 1 aliphatic carbocycles. The molecule has 0 atom stereocenters. The molecule has 7 nitrogen and oxygen atoms in total. The number of pyridine rings is 1. The summed E-state index contributed by atoms with van der Waals surface area (Å²) in [6, 6.07) is 13.0. The van der Waals surface area contributed by atoms with Crippen LogP contribution >= 0.6 is 0 Å². The van der Waals surface area contributed by atoms with Crippen molar-refractivity contribution in [2.75, 3.05) is 19.3 Å². The normalized spacial score (nSPS) is 15.9. The molecule has 170 valence electrons. The van der Waals surface area contributed by atoms with E-state index in [0.717, 1.165) is 52.6 Å². The minimum atomic E-state index is -3.50. The quantitative estimate of drug-likeness (QED) is 0.605. The summed E-state index contributed by atoms with van der Waals surface area (Å²) in [6.07, 6.45) is 4.31.